The Bertz CT molecular complexity index is 863. The predicted molar refractivity (Wildman–Crippen MR) is 108 cm³/mol. The van der Waals surface area contributed by atoms with Gasteiger partial charge in [-0.1, -0.05) is 29.3 Å². The predicted octanol–water partition coefficient (Wildman–Crippen LogP) is 4.32. The third kappa shape index (κ3) is 4.28. The number of urea groups is 1. The molecule has 6 nitrogen and oxygen atoms in total. The molecule has 27 heavy (non-hydrogen) atoms. The Morgan fingerprint density at radius 3 is 2.52 bits per heavy atom. The molecule has 142 valence electrons. The van der Waals surface area contributed by atoms with Gasteiger partial charge in [-0.3, -0.25) is 0 Å². The first-order valence-electron chi connectivity index (χ1n) is 9.11. The molecule has 4 rings (SSSR count). The van der Waals surface area contributed by atoms with Crippen molar-refractivity contribution in [3.05, 3.63) is 45.8 Å². The molecule has 0 unspecified atom stereocenters. The molecule has 0 radical (unpaired) electrons. The summed E-state index contributed by atoms with van der Waals surface area (Å²) in [4.78, 5) is 25.5. The summed E-state index contributed by atoms with van der Waals surface area (Å²) in [6, 6.07) is 7.21. The van der Waals surface area contributed by atoms with Crippen LogP contribution >= 0.6 is 23.2 Å². The molecule has 0 spiro atoms. The van der Waals surface area contributed by atoms with Gasteiger partial charge in [0.25, 0.3) is 0 Å². The largest absolute Gasteiger partial charge is 0.353 e. The number of hydrogen-bond acceptors (Lipinski definition) is 4. The first kappa shape index (κ1) is 18.3. The minimum atomic E-state index is -0.117. The van der Waals surface area contributed by atoms with Crippen LogP contribution in [-0.2, 0) is 0 Å². The Hall–Kier alpha value is -2.05. The lowest BCUT2D eigenvalue weighted by Crippen LogP contribution is -2.50. The summed E-state index contributed by atoms with van der Waals surface area (Å²) in [5.74, 6) is 2.15. The molecule has 2 aliphatic rings. The summed E-state index contributed by atoms with van der Waals surface area (Å²) in [5, 5.41) is 4.04. The van der Waals surface area contributed by atoms with E-state index >= 15 is 0 Å². The number of hydrogen-bond donors (Lipinski definition) is 1. The van der Waals surface area contributed by atoms with Crippen LogP contribution in [0.5, 0.6) is 0 Å². The van der Waals surface area contributed by atoms with Gasteiger partial charge in [0.2, 0.25) is 0 Å². The van der Waals surface area contributed by atoms with E-state index in [2.05, 4.69) is 20.2 Å². The number of rotatable bonds is 3. The highest BCUT2D eigenvalue weighted by molar-refractivity contribution is 6.31. The summed E-state index contributed by atoms with van der Waals surface area (Å²) < 4.78 is 0. The van der Waals surface area contributed by atoms with Crippen LogP contribution in [-0.4, -0.2) is 47.1 Å². The summed E-state index contributed by atoms with van der Waals surface area (Å²) in [6.45, 7) is 4.58. The Labute approximate surface area is 168 Å². The maximum absolute atomic E-state index is 12.5. The molecule has 0 atom stereocenters. The summed E-state index contributed by atoms with van der Waals surface area (Å²) >= 11 is 12.3. The van der Waals surface area contributed by atoms with Gasteiger partial charge in [0, 0.05) is 48.9 Å². The summed E-state index contributed by atoms with van der Waals surface area (Å²) in [5.41, 5.74) is 1.69. The number of nitrogens with one attached hydrogen (secondary N) is 1. The van der Waals surface area contributed by atoms with Gasteiger partial charge in [-0.05, 0) is 37.5 Å². The van der Waals surface area contributed by atoms with E-state index in [9.17, 15) is 4.79 Å². The number of benzene rings is 1. The number of halogens is 2. The number of aryl methyl sites for hydroxylation is 1. The van der Waals surface area contributed by atoms with Crippen LogP contribution in [0.2, 0.25) is 10.2 Å². The highest BCUT2D eigenvalue weighted by atomic mass is 35.5. The van der Waals surface area contributed by atoms with E-state index in [0.29, 0.717) is 48.0 Å². The average molecular weight is 406 g/mol. The van der Waals surface area contributed by atoms with Gasteiger partial charge in [0.05, 0.1) is 0 Å². The van der Waals surface area contributed by atoms with E-state index in [-0.39, 0.29) is 6.03 Å². The topological polar surface area (TPSA) is 61.4 Å². The molecule has 2 fully saturated rings. The molecule has 1 N–H and O–H groups in total. The molecule has 1 aliphatic heterocycles. The molecule has 1 aromatic heterocycles. The monoisotopic (exact) mass is 405 g/mol. The van der Waals surface area contributed by atoms with Crippen LogP contribution < -0.4 is 10.2 Å². The number of nitrogens with zero attached hydrogens (tertiary/aromatic N) is 4. The number of aromatic nitrogens is 2. The number of piperazine rings is 1. The van der Waals surface area contributed by atoms with Crippen molar-refractivity contribution in [3.8, 4) is 0 Å². The third-order valence-corrected chi connectivity index (χ3v) is 5.56. The fraction of sp³-hybridized carbons (Fsp3) is 0.421. The SMILES string of the molecule is Cc1ccc(NC(=O)N2CCN(c3cc(Cl)nc(C4CC4)n3)CC2)cc1Cl. The standard InChI is InChI=1S/C19H21Cl2N5O/c1-12-2-5-14(10-15(12)20)22-19(27)26-8-6-25(7-9-26)17-11-16(21)23-18(24-17)13-3-4-13/h2,5,10-11,13H,3-4,6-9H2,1H3,(H,22,27). The molecule has 1 saturated heterocycles. The van der Waals surface area contributed by atoms with E-state index in [4.69, 9.17) is 23.2 Å². The lowest BCUT2D eigenvalue weighted by molar-refractivity contribution is 0.208. The molecule has 0 bridgehead atoms. The Morgan fingerprint density at radius 1 is 1.11 bits per heavy atom. The van der Waals surface area contributed by atoms with Gasteiger partial charge >= 0.3 is 6.03 Å². The van der Waals surface area contributed by atoms with Crippen molar-refractivity contribution in [3.63, 3.8) is 0 Å². The van der Waals surface area contributed by atoms with Gasteiger partial charge in [-0.25, -0.2) is 14.8 Å². The van der Waals surface area contributed by atoms with Crippen molar-refractivity contribution in [2.75, 3.05) is 36.4 Å². The smallest absolute Gasteiger partial charge is 0.321 e. The van der Waals surface area contributed by atoms with Gasteiger partial charge in [0.15, 0.2) is 0 Å². The van der Waals surface area contributed by atoms with Gasteiger partial charge in [-0.15, -0.1) is 0 Å². The molecule has 1 aromatic carbocycles. The molecule has 1 saturated carbocycles. The Morgan fingerprint density at radius 2 is 1.85 bits per heavy atom. The van der Waals surface area contributed by atoms with Crippen molar-refractivity contribution in [2.45, 2.75) is 25.7 Å². The van der Waals surface area contributed by atoms with E-state index in [0.717, 1.165) is 30.0 Å². The van der Waals surface area contributed by atoms with Crippen molar-refractivity contribution >= 4 is 40.7 Å². The lowest BCUT2D eigenvalue weighted by atomic mass is 10.2. The van der Waals surface area contributed by atoms with E-state index < -0.39 is 0 Å². The number of anilines is 2. The molecular formula is C19H21Cl2N5O. The van der Waals surface area contributed by atoms with Gasteiger partial charge < -0.3 is 15.1 Å². The second-order valence-electron chi connectivity index (χ2n) is 7.05. The zero-order valence-corrected chi connectivity index (χ0v) is 16.6. The van der Waals surface area contributed by atoms with E-state index in [1.54, 1.807) is 17.0 Å². The van der Waals surface area contributed by atoms with Crippen LogP contribution in [0.3, 0.4) is 0 Å². The number of carbonyl (C=O) groups is 1. The summed E-state index contributed by atoms with van der Waals surface area (Å²) in [7, 11) is 0. The normalized spacial score (nSPS) is 17.1. The molecule has 8 heteroatoms. The van der Waals surface area contributed by atoms with Crippen LogP contribution in [0, 0.1) is 6.92 Å². The van der Waals surface area contributed by atoms with Gasteiger partial charge in [-0.2, -0.15) is 0 Å². The zero-order valence-electron chi connectivity index (χ0n) is 15.1. The fourth-order valence-electron chi connectivity index (χ4n) is 3.12. The van der Waals surface area contributed by atoms with E-state index in [1.165, 1.54) is 0 Å². The minimum Gasteiger partial charge on any atom is -0.353 e. The molecule has 2 amide bonds. The van der Waals surface area contributed by atoms with E-state index in [1.807, 2.05) is 19.1 Å². The number of carbonyl (C=O) groups excluding carboxylic acids is 1. The van der Waals surface area contributed by atoms with Gasteiger partial charge in [0.1, 0.15) is 16.8 Å². The maximum atomic E-state index is 12.5. The molecule has 1 aliphatic carbocycles. The average Bonchev–Trinajstić information content (AvgIpc) is 3.50. The first-order valence-corrected chi connectivity index (χ1v) is 9.87. The second-order valence-corrected chi connectivity index (χ2v) is 7.84. The first-order chi connectivity index (χ1) is 13.0. The Balaban J connectivity index is 1.37. The summed E-state index contributed by atoms with van der Waals surface area (Å²) in [6.07, 6.45) is 2.27. The molecule has 2 aromatic rings. The van der Waals surface area contributed by atoms with Crippen LogP contribution in [0.15, 0.2) is 24.3 Å². The van der Waals surface area contributed by atoms with Crippen molar-refractivity contribution in [2.24, 2.45) is 0 Å². The Kier molecular flexibility index (Phi) is 5.10. The second kappa shape index (κ2) is 7.52. The zero-order chi connectivity index (χ0) is 19.0. The number of amides is 2. The van der Waals surface area contributed by atoms with Crippen LogP contribution in [0.1, 0.15) is 30.1 Å². The quantitative estimate of drug-likeness (QED) is 0.772. The van der Waals surface area contributed by atoms with Crippen molar-refractivity contribution in [1.82, 2.24) is 14.9 Å². The van der Waals surface area contributed by atoms with Crippen LogP contribution in [0.4, 0.5) is 16.3 Å². The third-order valence-electron chi connectivity index (χ3n) is 4.96. The van der Waals surface area contributed by atoms with Crippen molar-refractivity contribution in [1.29, 1.82) is 0 Å². The lowest BCUT2D eigenvalue weighted by Gasteiger charge is -2.35. The maximum Gasteiger partial charge on any atom is 0.321 e. The highest BCUT2D eigenvalue weighted by Gasteiger charge is 2.29. The fourth-order valence-corrected chi connectivity index (χ4v) is 3.49. The van der Waals surface area contributed by atoms with Crippen LogP contribution in [0.25, 0.3) is 0 Å². The van der Waals surface area contributed by atoms with Crippen molar-refractivity contribution < 1.29 is 4.79 Å². The highest BCUT2D eigenvalue weighted by Crippen LogP contribution is 2.39. The minimum absolute atomic E-state index is 0.117. The molecule has 2 heterocycles. The molecular weight excluding hydrogens is 385 g/mol.